The van der Waals surface area contributed by atoms with Crippen LogP contribution in [0.25, 0.3) is 0 Å². The van der Waals surface area contributed by atoms with Crippen molar-refractivity contribution in [2.24, 2.45) is 5.73 Å². The molecule has 1 unspecified atom stereocenters. The molecule has 1 saturated heterocycles. The maximum absolute atomic E-state index is 5.63. The normalized spacial score (nSPS) is 19.8. The minimum Gasteiger partial charge on any atom is -0.389 e. The van der Waals surface area contributed by atoms with Crippen molar-refractivity contribution in [1.29, 1.82) is 0 Å². The predicted molar refractivity (Wildman–Crippen MR) is 73.0 cm³/mol. The van der Waals surface area contributed by atoms with Gasteiger partial charge in [-0.2, -0.15) is 0 Å². The molecule has 4 heteroatoms. The second-order valence-electron chi connectivity index (χ2n) is 4.50. The van der Waals surface area contributed by atoms with Gasteiger partial charge in [0.15, 0.2) is 0 Å². The van der Waals surface area contributed by atoms with E-state index in [2.05, 4.69) is 24.1 Å². The average Bonchev–Trinajstić information content (AvgIpc) is 2.82. The molecule has 0 bridgehead atoms. The number of benzene rings is 1. The lowest BCUT2D eigenvalue weighted by atomic mass is 10.1. The van der Waals surface area contributed by atoms with E-state index in [0.717, 1.165) is 31.7 Å². The van der Waals surface area contributed by atoms with E-state index in [1.165, 1.54) is 5.56 Å². The van der Waals surface area contributed by atoms with Gasteiger partial charge < -0.3 is 10.5 Å². The Kier molecular flexibility index (Phi) is 4.10. The third kappa shape index (κ3) is 3.25. The fraction of sp³-hybridized carbons (Fsp3) is 0.462. The molecule has 0 radical (unpaired) electrons. The number of rotatable bonds is 4. The van der Waals surface area contributed by atoms with Gasteiger partial charge in [0.05, 0.1) is 6.61 Å². The Morgan fingerprint density at radius 1 is 1.59 bits per heavy atom. The molecule has 2 N–H and O–H groups in total. The van der Waals surface area contributed by atoms with Gasteiger partial charge in [-0.3, -0.25) is 4.90 Å². The Bertz CT molecular complexity index is 402. The maximum Gasteiger partial charge on any atom is 0.103 e. The third-order valence-corrected chi connectivity index (χ3v) is 3.41. The van der Waals surface area contributed by atoms with Crippen LogP contribution >= 0.6 is 12.2 Å². The van der Waals surface area contributed by atoms with Crippen molar-refractivity contribution < 1.29 is 4.74 Å². The monoisotopic (exact) mass is 250 g/mol. The van der Waals surface area contributed by atoms with Crippen molar-refractivity contribution in [3.05, 3.63) is 35.4 Å². The quantitative estimate of drug-likeness (QED) is 0.823. The zero-order chi connectivity index (χ0) is 12.3. The van der Waals surface area contributed by atoms with Gasteiger partial charge in [0, 0.05) is 24.8 Å². The topological polar surface area (TPSA) is 38.5 Å². The molecule has 0 aliphatic carbocycles. The average molecular weight is 250 g/mol. The fourth-order valence-corrected chi connectivity index (χ4v) is 2.24. The van der Waals surface area contributed by atoms with Crippen molar-refractivity contribution in [3.63, 3.8) is 0 Å². The number of ether oxygens (including phenoxy) is 1. The van der Waals surface area contributed by atoms with Gasteiger partial charge in [-0.15, -0.1) is 0 Å². The summed E-state index contributed by atoms with van der Waals surface area (Å²) in [6.07, 6.45) is 1.12. The van der Waals surface area contributed by atoms with Gasteiger partial charge in [-0.05, 0) is 25.1 Å². The first kappa shape index (κ1) is 12.5. The summed E-state index contributed by atoms with van der Waals surface area (Å²) in [4.78, 5) is 2.78. The van der Waals surface area contributed by atoms with Gasteiger partial charge in [0.1, 0.15) is 4.99 Å². The Morgan fingerprint density at radius 3 is 3.06 bits per heavy atom. The lowest BCUT2D eigenvalue weighted by molar-refractivity contribution is 0.156. The fourth-order valence-electron chi connectivity index (χ4n) is 2.11. The number of nitrogens with zero attached hydrogens (tertiary/aromatic N) is 1. The van der Waals surface area contributed by atoms with Crippen molar-refractivity contribution in [2.45, 2.75) is 19.0 Å². The summed E-state index contributed by atoms with van der Waals surface area (Å²) in [5.74, 6) is 0. The Hall–Kier alpha value is -0.970. The minimum atomic E-state index is 0.457. The first-order valence-corrected chi connectivity index (χ1v) is 6.24. The Balaban J connectivity index is 2.02. The van der Waals surface area contributed by atoms with Crippen molar-refractivity contribution in [2.75, 3.05) is 20.3 Å². The largest absolute Gasteiger partial charge is 0.389 e. The highest BCUT2D eigenvalue weighted by molar-refractivity contribution is 7.80. The molecule has 17 heavy (non-hydrogen) atoms. The van der Waals surface area contributed by atoms with Crippen LogP contribution in [0.3, 0.4) is 0 Å². The van der Waals surface area contributed by atoms with Gasteiger partial charge in [-0.25, -0.2) is 0 Å². The maximum atomic E-state index is 5.63. The zero-order valence-corrected chi connectivity index (χ0v) is 10.9. The lowest BCUT2D eigenvalue weighted by Crippen LogP contribution is -2.31. The standard InChI is InChI=1S/C13H18N2OS/c1-15(12-5-6-16-9-12)8-10-3-2-4-11(7-10)13(14)17/h2-4,7,12H,5-6,8-9H2,1H3,(H2,14,17). The molecule has 1 aliphatic heterocycles. The molecular weight excluding hydrogens is 232 g/mol. The smallest absolute Gasteiger partial charge is 0.103 e. The van der Waals surface area contributed by atoms with Crippen molar-refractivity contribution >= 4 is 17.2 Å². The molecule has 0 aromatic heterocycles. The van der Waals surface area contributed by atoms with E-state index in [1.54, 1.807) is 0 Å². The van der Waals surface area contributed by atoms with Crippen LogP contribution in [-0.2, 0) is 11.3 Å². The molecule has 1 aliphatic rings. The van der Waals surface area contributed by atoms with E-state index in [4.69, 9.17) is 22.7 Å². The molecule has 0 saturated carbocycles. The van der Waals surface area contributed by atoms with Crippen LogP contribution in [0.1, 0.15) is 17.5 Å². The van der Waals surface area contributed by atoms with Gasteiger partial charge in [0.25, 0.3) is 0 Å². The number of hydrogen-bond acceptors (Lipinski definition) is 3. The number of hydrogen-bond donors (Lipinski definition) is 1. The van der Waals surface area contributed by atoms with Crippen LogP contribution in [0.2, 0.25) is 0 Å². The molecule has 1 aromatic carbocycles. The van der Waals surface area contributed by atoms with E-state index >= 15 is 0 Å². The van der Waals surface area contributed by atoms with Crippen LogP contribution in [0.4, 0.5) is 0 Å². The molecule has 92 valence electrons. The van der Waals surface area contributed by atoms with E-state index in [0.29, 0.717) is 11.0 Å². The molecule has 0 amide bonds. The summed E-state index contributed by atoms with van der Waals surface area (Å²) < 4.78 is 5.40. The van der Waals surface area contributed by atoms with Crippen LogP contribution < -0.4 is 5.73 Å². The first-order valence-electron chi connectivity index (χ1n) is 5.83. The SMILES string of the molecule is CN(Cc1cccc(C(N)=S)c1)C1CCOC1. The highest BCUT2D eigenvalue weighted by Crippen LogP contribution is 2.14. The third-order valence-electron chi connectivity index (χ3n) is 3.17. The molecule has 1 heterocycles. The Labute approximate surface area is 108 Å². The zero-order valence-electron chi connectivity index (χ0n) is 10.1. The summed E-state index contributed by atoms with van der Waals surface area (Å²) in [6.45, 7) is 2.62. The molecular formula is C13H18N2OS. The van der Waals surface area contributed by atoms with Crippen LogP contribution in [0.15, 0.2) is 24.3 Å². The number of nitrogens with two attached hydrogens (primary N) is 1. The highest BCUT2D eigenvalue weighted by atomic mass is 32.1. The van der Waals surface area contributed by atoms with E-state index in [9.17, 15) is 0 Å². The van der Waals surface area contributed by atoms with E-state index in [-0.39, 0.29) is 0 Å². The predicted octanol–water partition coefficient (Wildman–Crippen LogP) is 1.54. The number of thiocarbonyl (C=S) groups is 1. The van der Waals surface area contributed by atoms with Gasteiger partial charge >= 0.3 is 0 Å². The van der Waals surface area contributed by atoms with Crippen LogP contribution in [0, 0.1) is 0 Å². The summed E-state index contributed by atoms with van der Waals surface area (Å²) >= 11 is 4.99. The molecule has 1 aromatic rings. The van der Waals surface area contributed by atoms with Gasteiger partial charge in [-0.1, -0.05) is 30.4 Å². The second-order valence-corrected chi connectivity index (χ2v) is 4.94. The summed E-state index contributed by atoms with van der Waals surface area (Å²) in [5.41, 5.74) is 7.81. The highest BCUT2D eigenvalue weighted by Gasteiger charge is 2.20. The lowest BCUT2D eigenvalue weighted by Gasteiger charge is -2.22. The summed E-state index contributed by atoms with van der Waals surface area (Å²) in [5, 5.41) is 0. The molecule has 1 atom stereocenters. The summed E-state index contributed by atoms with van der Waals surface area (Å²) in [7, 11) is 2.13. The molecule has 2 rings (SSSR count). The van der Waals surface area contributed by atoms with E-state index in [1.807, 2.05) is 12.1 Å². The first-order chi connectivity index (χ1) is 8.16. The minimum absolute atomic E-state index is 0.457. The molecule has 1 fully saturated rings. The van der Waals surface area contributed by atoms with Crippen molar-refractivity contribution in [3.8, 4) is 0 Å². The Morgan fingerprint density at radius 2 is 2.41 bits per heavy atom. The van der Waals surface area contributed by atoms with Gasteiger partial charge in [0.2, 0.25) is 0 Å². The molecule has 0 spiro atoms. The van der Waals surface area contributed by atoms with E-state index < -0.39 is 0 Å². The van der Waals surface area contributed by atoms with Crippen molar-refractivity contribution in [1.82, 2.24) is 4.90 Å². The molecule has 3 nitrogen and oxygen atoms in total. The second kappa shape index (κ2) is 5.58. The number of likely N-dealkylation sites (N-methyl/N-ethyl adjacent to an activating group) is 1. The van der Waals surface area contributed by atoms with Crippen LogP contribution in [0.5, 0.6) is 0 Å². The summed E-state index contributed by atoms with van der Waals surface area (Å²) in [6, 6.07) is 8.65. The van der Waals surface area contributed by atoms with Crippen LogP contribution in [-0.4, -0.2) is 36.2 Å².